The Morgan fingerprint density at radius 1 is 0.417 bits per heavy atom. The molecule has 0 aliphatic carbocycles. The Labute approximate surface area is 281 Å². The van der Waals surface area contributed by atoms with E-state index in [1.807, 2.05) is 11.3 Å². The van der Waals surface area contributed by atoms with Crippen molar-refractivity contribution in [3.05, 3.63) is 170 Å². The van der Waals surface area contributed by atoms with Gasteiger partial charge in [0.05, 0.1) is 22.6 Å². The van der Waals surface area contributed by atoms with Crippen LogP contribution in [0, 0.1) is 0 Å². The number of hydrogen-bond donors (Lipinski definition) is 0. The van der Waals surface area contributed by atoms with E-state index in [1.165, 1.54) is 57.9 Å². The number of rotatable bonds is 4. The third-order valence-corrected chi connectivity index (χ3v) is 10.8. The van der Waals surface area contributed by atoms with Crippen LogP contribution in [0.25, 0.3) is 74.6 Å². The normalized spacial score (nSPS) is 11.8. The lowest BCUT2D eigenvalue weighted by Gasteiger charge is -2.28. The van der Waals surface area contributed by atoms with Crippen molar-refractivity contribution >= 4 is 91.8 Å². The maximum Gasteiger partial charge on any atom is 0.0788 e. The molecule has 224 valence electrons. The van der Waals surface area contributed by atoms with Gasteiger partial charge in [0.15, 0.2) is 0 Å². The van der Waals surface area contributed by atoms with E-state index in [1.54, 1.807) is 0 Å². The monoisotopic (exact) mass is 628 g/mol. The highest BCUT2D eigenvalue weighted by atomic mass is 32.1. The zero-order valence-corrected chi connectivity index (χ0v) is 26.8. The highest BCUT2D eigenvalue weighted by molar-refractivity contribution is 7.26. The smallest absolute Gasteiger partial charge is 0.0788 e. The van der Waals surface area contributed by atoms with Gasteiger partial charge in [-0.1, -0.05) is 133 Å². The Kier molecular flexibility index (Phi) is 6.08. The highest BCUT2D eigenvalue weighted by Gasteiger charge is 2.19. The second-order valence-electron chi connectivity index (χ2n) is 12.3. The standard InChI is InChI=1S/C45H28N2S/c1-3-15-33-29(11-1)13-9-20-40(33)47(41-21-10-14-30-12-2-4-16-34(30)41)32-25-23-31(24-26-32)44-38-28-27-36-35-17-6-8-22-42(35)48-45(36)43(38)37-18-5-7-19-39(37)46-44/h1-28H. The first kappa shape index (κ1) is 27.1. The maximum absolute atomic E-state index is 5.30. The molecule has 0 fully saturated rings. The number of anilines is 3. The zero-order valence-electron chi connectivity index (χ0n) is 26.0. The van der Waals surface area contributed by atoms with Gasteiger partial charge >= 0.3 is 0 Å². The zero-order chi connectivity index (χ0) is 31.6. The van der Waals surface area contributed by atoms with Crippen LogP contribution in [0.2, 0.25) is 0 Å². The summed E-state index contributed by atoms with van der Waals surface area (Å²) in [4.78, 5) is 7.70. The third-order valence-electron chi connectivity index (χ3n) is 9.62. The molecule has 48 heavy (non-hydrogen) atoms. The van der Waals surface area contributed by atoms with Gasteiger partial charge in [0.25, 0.3) is 0 Å². The van der Waals surface area contributed by atoms with Crippen LogP contribution < -0.4 is 4.90 Å². The summed E-state index contributed by atoms with van der Waals surface area (Å²) in [6, 6.07) is 61.3. The van der Waals surface area contributed by atoms with Gasteiger partial charge in [0.1, 0.15) is 0 Å². The molecule has 0 saturated heterocycles. The van der Waals surface area contributed by atoms with Crippen LogP contribution in [0.3, 0.4) is 0 Å². The molecule has 0 saturated carbocycles. The average molecular weight is 629 g/mol. The van der Waals surface area contributed by atoms with E-state index >= 15 is 0 Å². The third kappa shape index (κ3) is 4.15. The van der Waals surface area contributed by atoms with Crippen molar-refractivity contribution in [1.29, 1.82) is 0 Å². The number of benzene rings is 8. The van der Waals surface area contributed by atoms with Gasteiger partial charge in [-0.3, -0.25) is 0 Å². The van der Waals surface area contributed by atoms with Gasteiger partial charge in [-0.15, -0.1) is 11.3 Å². The van der Waals surface area contributed by atoms with Gasteiger partial charge in [-0.2, -0.15) is 0 Å². The van der Waals surface area contributed by atoms with Crippen molar-refractivity contribution in [1.82, 2.24) is 4.98 Å². The van der Waals surface area contributed by atoms with Crippen LogP contribution in [0.4, 0.5) is 17.1 Å². The molecule has 2 aromatic heterocycles. The van der Waals surface area contributed by atoms with Crippen molar-refractivity contribution in [2.45, 2.75) is 0 Å². The molecule has 0 amide bonds. The number of aromatic nitrogens is 1. The molecule has 0 N–H and O–H groups in total. The Morgan fingerprint density at radius 2 is 0.979 bits per heavy atom. The SMILES string of the molecule is c1ccc2c(N(c3ccc(-c4nc5ccccc5c5c4ccc4c6ccccc6sc45)cc3)c3cccc4ccccc34)cccc2c1. The van der Waals surface area contributed by atoms with Crippen LogP contribution in [-0.2, 0) is 0 Å². The highest BCUT2D eigenvalue weighted by Crippen LogP contribution is 2.45. The fourth-order valence-corrected chi connectivity index (χ4v) is 8.68. The molecule has 0 aliphatic rings. The first-order chi connectivity index (χ1) is 23.8. The van der Waals surface area contributed by atoms with E-state index in [-0.39, 0.29) is 0 Å². The predicted octanol–water partition coefficient (Wildman–Crippen LogP) is 13.2. The van der Waals surface area contributed by atoms with Crippen LogP contribution in [0.15, 0.2) is 170 Å². The molecule has 2 nitrogen and oxygen atoms in total. The molecule has 2 heterocycles. The Hall–Kier alpha value is -6.03. The topological polar surface area (TPSA) is 16.1 Å². The van der Waals surface area contributed by atoms with Gasteiger partial charge in [-0.05, 0) is 47.2 Å². The van der Waals surface area contributed by atoms with E-state index in [2.05, 4.69) is 175 Å². The molecule has 0 unspecified atom stereocenters. The van der Waals surface area contributed by atoms with Crippen LogP contribution in [0.1, 0.15) is 0 Å². The van der Waals surface area contributed by atoms with Gasteiger partial charge in [0, 0.05) is 58.4 Å². The molecule has 0 bridgehead atoms. The summed E-state index contributed by atoms with van der Waals surface area (Å²) >= 11 is 1.88. The lowest BCUT2D eigenvalue weighted by atomic mass is 9.97. The van der Waals surface area contributed by atoms with Crippen molar-refractivity contribution in [2.24, 2.45) is 0 Å². The molecule has 0 spiro atoms. The molecular weight excluding hydrogens is 601 g/mol. The van der Waals surface area contributed by atoms with Gasteiger partial charge in [0.2, 0.25) is 0 Å². The molecule has 8 aromatic carbocycles. The number of thiophene rings is 1. The van der Waals surface area contributed by atoms with E-state index in [0.717, 1.165) is 33.8 Å². The van der Waals surface area contributed by atoms with E-state index < -0.39 is 0 Å². The average Bonchev–Trinajstić information content (AvgIpc) is 3.54. The maximum atomic E-state index is 5.30. The minimum absolute atomic E-state index is 1.01. The predicted molar refractivity (Wildman–Crippen MR) is 207 cm³/mol. The van der Waals surface area contributed by atoms with E-state index in [0.29, 0.717) is 0 Å². The summed E-state index contributed by atoms with van der Waals surface area (Å²) in [5.74, 6) is 0. The summed E-state index contributed by atoms with van der Waals surface area (Å²) < 4.78 is 2.64. The largest absolute Gasteiger partial charge is 0.309 e. The number of pyridine rings is 1. The summed E-state index contributed by atoms with van der Waals surface area (Å²) in [5, 5.41) is 11.1. The molecule has 10 aromatic rings. The van der Waals surface area contributed by atoms with Crippen molar-refractivity contribution < 1.29 is 0 Å². The minimum Gasteiger partial charge on any atom is -0.309 e. The van der Waals surface area contributed by atoms with Gasteiger partial charge in [-0.25, -0.2) is 4.98 Å². The molecule has 3 heteroatoms. The van der Waals surface area contributed by atoms with E-state index in [9.17, 15) is 0 Å². The summed E-state index contributed by atoms with van der Waals surface area (Å²) in [6.07, 6.45) is 0. The number of para-hydroxylation sites is 1. The summed E-state index contributed by atoms with van der Waals surface area (Å²) in [6.45, 7) is 0. The molecule has 10 rings (SSSR count). The molecule has 0 aliphatic heterocycles. The van der Waals surface area contributed by atoms with Crippen molar-refractivity contribution in [3.8, 4) is 11.3 Å². The summed E-state index contributed by atoms with van der Waals surface area (Å²) in [5.41, 5.74) is 6.53. The number of nitrogens with zero attached hydrogens (tertiary/aromatic N) is 2. The van der Waals surface area contributed by atoms with Crippen LogP contribution >= 0.6 is 11.3 Å². The van der Waals surface area contributed by atoms with Crippen molar-refractivity contribution in [3.63, 3.8) is 0 Å². The molecular formula is C45H28N2S. The fourth-order valence-electron chi connectivity index (χ4n) is 7.42. The quantitative estimate of drug-likeness (QED) is 0.180. The van der Waals surface area contributed by atoms with E-state index in [4.69, 9.17) is 4.98 Å². The van der Waals surface area contributed by atoms with Crippen LogP contribution in [-0.4, -0.2) is 4.98 Å². The minimum atomic E-state index is 1.01. The summed E-state index contributed by atoms with van der Waals surface area (Å²) in [7, 11) is 0. The van der Waals surface area contributed by atoms with Crippen LogP contribution in [0.5, 0.6) is 0 Å². The lowest BCUT2D eigenvalue weighted by Crippen LogP contribution is -2.11. The lowest BCUT2D eigenvalue weighted by molar-refractivity contribution is 1.31. The Morgan fingerprint density at radius 3 is 1.69 bits per heavy atom. The first-order valence-corrected chi connectivity index (χ1v) is 17.1. The second-order valence-corrected chi connectivity index (χ2v) is 13.4. The molecule has 0 radical (unpaired) electrons. The van der Waals surface area contributed by atoms with Gasteiger partial charge < -0.3 is 4.90 Å². The Bertz CT molecular complexity index is 2760. The first-order valence-electron chi connectivity index (χ1n) is 16.3. The number of fused-ring (bicyclic) bond motifs is 9. The second kappa shape index (κ2) is 10.8. The molecule has 0 atom stereocenters. The number of hydrogen-bond acceptors (Lipinski definition) is 3. The fraction of sp³-hybridized carbons (Fsp3) is 0. The van der Waals surface area contributed by atoms with Crippen molar-refractivity contribution in [2.75, 3.05) is 4.90 Å². The Balaban J connectivity index is 1.20.